The molecule has 0 aliphatic heterocycles. The van der Waals surface area contributed by atoms with E-state index >= 15 is 0 Å². The maximum absolute atomic E-state index is 12.1. The van der Waals surface area contributed by atoms with Gasteiger partial charge in [-0.3, -0.25) is 4.99 Å². The summed E-state index contributed by atoms with van der Waals surface area (Å²) in [6.45, 7) is 1.88. The molecular weight excluding hydrogens is 412 g/mol. The van der Waals surface area contributed by atoms with Crippen molar-refractivity contribution in [3.8, 4) is 5.88 Å². The summed E-state index contributed by atoms with van der Waals surface area (Å²) in [6.07, 6.45) is -2.00. The minimum atomic E-state index is -4.37. The monoisotopic (exact) mass is 432 g/mol. The summed E-state index contributed by atoms with van der Waals surface area (Å²) in [5.41, 5.74) is 0.752. The molecule has 5 nitrogen and oxygen atoms in total. The predicted molar refractivity (Wildman–Crippen MR) is 89.7 cm³/mol. The summed E-state index contributed by atoms with van der Waals surface area (Å²) < 4.78 is 40.8. The lowest BCUT2D eigenvalue weighted by Gasteiger charge is -2.12. The van der Waals surface area contributed by atoms with Crippen LogP contribution < -0.4 is 15.4 Å². The highest BCUT2D eigenvalue weighted by atomic mass is 127. The number of ether oxygens (including phenoxy) is 1. The largest absolute Gasteiger partial charge is 0.468 e. The normalized spacial score (nSPS) is 11.6. The molecule has 0 amide bonds. The maximum Gasteiger partial charge on any atom is 0.422 e. The Kier molecular flexibility index (Phi) is 9.86. The highest BCUT2D eigenvalue weighted by molar-refractivity contribution is 14.0. The first-order valence-electron chi connectivity index (χ1n) is 6.53. The van der Waals surface area contributed by atoms with Crippen LogP contribution >= 0.6 is 24.0 Å². The number of nitrogens with one attached hydrogen (secondary N) is 2. The summed E-state index contributed by atoms with van der Waals surface area (Å²) in [5, 5.41) is 6.15. The topological polar surface area (TPSA) is 58.5 Å². The number of aliphatic imine (C=N–C) groups is 1. The van der Waals surface area contributed by atoms with E-state index in [2.05, 4.69) is 25.3 Å². The Morgan fingerprint density at radius 2 is 2.09 bits per heavy atom. The van der Waals surface area contributed by atoms with Crippen molar-refractivity contribution in [3.05, 3.63) is 23.9 Å². The standard InChI is InChI=1S/C13H19F3N4O.HI/c1-3-5-19-12(17-2)20-8-10-4-6-18-11(7-10)21-9-13(14,15)16;/h4,6-7H,3,5,8-9H2,1-2H3,(H2,17,19,20);1H. The number of alkyl halides is 3. The molecule has 9 heteroatoms. The van der Waals surface area contributed by atoms with Crippen LogP contribution in [0, 0.1) is 0 Å². The van der Waals surface area contributed by atoms with Gasteiger partial charge in [0.2, 0.25) is 5.88 Å². The summed E-state index contributed by atoms with van der Waals surface area (Å²) in [7, 11) is 1.65. The molecule has 1 heterocycles. The SMILES string of the molecule is CCCNC(=NC)NCc1ccnc(OCC(F)(F)F)c1.I. The molecule has 0 unspecified atom stereocenters. The molecule has 0 atom stereocenters. The van der Waals surface area contributed by atoms with Gasteiger partial charge in [-0.2, -0.15) is 13.2 Å². The van der Waals surface area contributed by atoms with E-state index in [1.165, 1.54) is 12.3 Å². The van der Waals surface area contributed by atoms with Crippen LogP contribution in [-0.2, 0) is 6.54 Å². The first-order chi connectivity index (χ1) is 9.94. The number of pyridine rings is 1. The minimum Gasteiger partial charge on any atom is -0.468 e. The van der Waals surface area contributed by atoms with E-state index in [9.17, 15) is 13.2 Å². The quantitative estimate of drug-likeness (QED) is 0.413. The molecule has 0 aliphatic rings. The van der Waals surface area contributed by atoms with Crippen molar-refractivity contribution in [3.63, 3.8) is 0 Å². The van der Waals surface area contributed by atoms with Gasteiger partial charge in [0.25, 0.3) is 0 Å². The highest BCUT2D eigenvalue weighted by Gasteiger charge is 2.28. The molecule has 0 aliphatic carbocycles. The van der Waals surface area contributed by atoms with Gasteiger partial charge in [-0.25, -0.2) is 4.98 Å². The zero-order valence-electron chi connectivity index (χ0n) is 12.4. The molecule has 0 fully saturated rings. The molecule has 0 spiro atoms. The maximum atomic E-state index is 12.1. The molecule has 2 N–H and O–H groups in total. The van der Waals surface area contributed by atoms with Crippen LogP contribution in [0.5, 0.6) is 5.88 Å². The smallest absolute Gasteiger partial charge is 0.422 e. The molecule has 0 saturated carbocycles. The molecule has 0 radical (unpaired) electrons. The fourth-order valence-corrected chi connectivity index (χ4v) is 1.44. The molecular formula is C13H20F3IN4O. The number of hydrogen-bond acceptors (Lipinski definition) is 3. The van der Waals surface area contributed by atoms with Gasteiger partial charge in [-0.15, -0.1) is 24.0 Å². The summed E-state index contributed by atoms with van der Waals surface area (Å²) in [4.78, 5) is 7.77. The third-order valence-electron chi connectivity index (χ3n) is 2.41. The van der Waals surface area contributed by atoms with Gasteiger partial charge in [-0.1, -0.05) is 6.92 Å². The molecule has 1 aromatic heterocycles. The Labute approximate surface area is 144 Å². The van der Waals surface area contributed by atoms with Crippen molar-refractivity contribution in [2.75, 3.05) is 20.2 Å². The third kappa shape index (κ3) is 8.90. The van der Waals surface area contributed by atoms with Gasteiger partial charge in [0, 0.05) is 32.4 Å². The number of guanidine groups is 1. The van der Waals surface area contributed by atoms with E-state index in [0.717, 1.165) is 18.5 Å². The lowest BCUT2D eigenvalue weighted by Crippen LogP contribution is -2.37. The molecule has 1 rings (SSSR count). The van der Waals surface area contributed by atoms with Crippen molar-refractivity contribution in [1.29, 1.82) is 0 Å². The Balaban J connectivity index is 0.00000441. The number of hydrogen-bond donors (Lipinski definition) is 2. The van der Waals surface area contributed by atoms with E-state index in [4.69, 9.17) is 0 Å². The van der Waals surface area contributed by atoms with Crippen LogP contribution in [-0.4, -0.2) is 37.3 Å². The van der Waals surface area contributed by atoms with Crippen molar-refractivity contribution in [1.82, 2.24) is 15.6 Å². The zero-order chi connectivity index (χ0) is 15.7. The lowest BCUT2D eigenvalue weighted by molar-refractivity contribution is -0.154. The number of halogens is 4. The summed E-state index contributed by atoms with van der Waals surface area (Å²) in [5.74, 6) is 0.578. The van der Waals surface area contributed by atoms with E-state index in [0.29, 0.717) is 12.5 Å². The van der Waals surface area contributed by atoms with Crippen molar-refractivity contribution < 1.29 is 17.9 Å². The Hall–Kier alpha value is -1.26. The molecule has 1 aromatic rings. The summed E-state index contributed by atoms with van der Waals surface area (Å²) in [6, 6.07) is 3.16. The van der Waals surface area contributed by atoms with E-state index in [-0.39, 0.29) is 29.9 Å². The molecule has 0 saturated heterocycles. The van der Waals surface area contributed by atoms with Crippen LogP contribution in [0.3, 0.4) is 0 Å². The third-order valence-corrected chi connectivity index (χ3v) is 2.41. The second-order valence-electron chi connectivity index (χ2n) is 4.26. The Bertz CT molecular complexity index is 469. The van der Waals surface area contributed by atoms with Crippen molar-refractivity contribution in [2.24, 2.45) is 4.99 Å². The van der Waals surface area contributed by atoms with E-state index in [1.807, 2.05) is 6.92 Å². The van der Waals surface area contributed by atoms with Crippen LogP contribution in [0.4, 0.5) is 13.2 Å². The molecule has 22 heavy (non-hydrogen) atoms. The second-order valence-corrected chi connectivity index (χ2v) is 4.26. The average molecular weight is 432 g/mol. The minimum absolute atomic E-state index is 0. The van der Waals surface area contributed by atoms with Gasteiger partial charge in [0.1, 0.15) is 0 Å². The lowest BCUT2D eigenvalue weighted by atomic mass is 10.2. The fourth-order valence-electron chi connectivity index (χ4n) is 1.44. The summed E-state index contributed by atoms with van der Waals surface area (Å²) >= 11 is 0. The Morgan fingerprint density at radius 3 is 2.68 bits per heavy atom. The fraction of sp³-hybridized carbons (Fsp3) is 0.538. The number of aromatic nitrogens is 1. The second kappa shape index (κ2) is 10.5. The molecule has 126 valence electrons. The average Bonchev–Trinajstić information content (AvgIpc) is 2.45. The zero-order valence-corrected chi connectivity index (χ0v) is 14.7. The van der Waals surface area contributed by atoms with Crippen LogP contribution in [0.15, 0.2) is 23.3 Å². The van der Waals surface area contributed by atoms with Gasteiger partial charge in [0.05, 0.1) is 0 Å². The first-order valence-corrected chi connectivity index (χ1v) is 6.53. The van der Waals surface area contributed by atoms with Gasteiger partial charge in [-0.05, 0) is 18.1 Å². The molecule has 0 bridgehead atoms. The van der Waals surface area contributed by atoms with Crippen LogP contribution in [0.1, 0.15) is 18.9 Å². The van der Waals surface area contributed by atoms with Crippen molar-refractivity contribution in [2.45, 2.75) is 26.1 Å². The first kappa shape index (κ1) is 20.7. The predicted octanol–water partition coefficient (Wildman–Crippen LogP) is 2.72. The van der Waals surface area contributed by atoms with E-state index in [1.54, 1.807) is 13.1 Å². The Morgan fingerprint density at radius 1 is 1.36 bits per heavy atom. The van der Waals surface area contributed by atoms with Gasteiger partial charge >= 0.3 is 6.18 Å². The van der Waals surface area contributed by atoms with Gasteiger partial charge in [0.15, 0.2) is 12.6 Å². The van der Waals surface area contributed by atoms with Gasteiger partial charge < -0.3 is 15.4 Å². The number of rotatable bonds is 6. The highest BCUT2D eigenvalue weighted by Crippen LogP contribution is 2.17. The van der Waals surface area contributed by atoms with Crippen molar-refractivity contribution >= 4 is 29.9 Å². The van der Waals surface area contributed by atoms with Crippen LogP contribution in [0.25, 0.3) is 0 Å². The van der Waals surface area contributed by atoms with Crippen LogP contribution in [0.2, 0.25) is 0 Å². The molecule has 0 aromatic carbocycles. The van der Waals surface area contributed by atoms with E-state index < -0.39 is 12.8 Å². The number of nitrogens with zero attached hydrogens (tertiary/aromatic N) is 2.